The van der Waals surface area contributed by atoms with Crippen molar-refractivity contribution >= 4 is 20.9 Å². The molecule has 1 unspecified atom stereocenters. The molecule has 1 saturated carbocycles. The van der Waals surface area contributed by atoms with E-state index in [-0.39, 0.29) is 11.7 Å². The van der Waals surface area contributed by atoms with Crippen LogP contribution in [0.1, 0.15) is 79.4 Å². The van der Waals surface area contributed by atoms with Gasteiger partial charge in [-0.05, 0) is 57.1 Å². The first kappa shape index (κ1) is 23.5. The molecule has 1 aliphatic rings. The second-order valence-corrected chi connectivity index (χ2v) is 8.34. The van der Waals surface area contributed by atoms with Gasteiger partial charge >= 0.3 is 5.97 Å². The molecule has 4 nitrogen and oxygen atoms in total. The Morgan fingerprint density at radius 1 is 1.04 bits per heavy atom. The van der Waals surface area contributed by atoms with Gasteiger partial charge in [0.25, 0.3) is 0 Å². The molecule has 2 rings (SSSR count). The van der Waals surface area contributed by atoms with Crippen molar-refractivity contribution in [1.82, 2.24) is 0 Å². The SMILES string of the molecule is Cc1cc(C)c(C(=O)C2(C(CC(C)C)C(=O)O)CCCCC2)c(C)c1.O=P. The molecule has 1 atom stereocenters. The summed E-state index contributed by atoms with van der Waals surface area (Å²) in [4.78, 5) is 25.9. The smallest absolute Gasteiger partial charge is 0.307 e. The van der Waals surface area contributed by atoms with Crippen molar-refractivity contribution < 1.29 is 19.3 Å². The first-order chi connectivity index (χ1) is 12.7. The summed E-state index contributed by atoms with van der Waals surface area (Å²) >= 11 is 0. The second-order valence-electron chi connectivity index (χ2n) is 8.34. The number of carbonyl (C=O) groups is 2. The average Bonchev–Trinajstić information content (AvgIpc) is 2.60. The zero-order valence-corrected chi connectivity index (χ0v) is 18.2. The number of hydrogen-bond acceptors (Lipinski definition) is 3. The first-order valence-electron chi connectivity index (χ1n) is 9.75. The van der Waals surface area contributed by atoms with Gasteiger partial charge in [0.15, 0.2) is 5.78 Å². The molecular formula is C22H33O4P. The average molecular weight is 392 g/mol. The Hall–Kier alpha value is -1.54. The number of carbonyl (C=O) groups excluding carboxylic acids is 1. The van der Waals surface area contributed by atoms with Crippen LogP contribution in [0.4, 0.5) is 0 Å². The van der Waals surface area contributed by atoms with Crippen molar-refractivity contribution in [3.05, 3.63) is 34.4 Å². The standard InChI is InChI=1S/C22H32O3.HOP/c1-14(2)11-18(21(24)25)22(9-7-6-8-10-22)20(23)19-16(4)12-15(3)13-17(19)5;1-2/h12-14,18H,6-11H2,1-5H3,(H,24,25);2H. The molecule has 0 bridgehead atoms. The van der Waals surface area contributed by atoms with Crippen molar-refractivity contribution in [1.29, 1.82) is 0 Å². The van der Waals surface area contributed by atoms with E-state index in [1.807, 2.05) is 46.8 Å². The van der Waals surface area contributed by atoms with E-state index in [4.69, 9.17) is 4.57 Å². The molecule has 1 aromatic carbocycles. The fourth-order valence-corrected chi connectivity index (χ4v) is 4.74. The van der Waals surface area contributed by atoms with Crippen LogP contribution in [-0.2, 0) is 9.36 Å². The summed E-state index contributed by atoms with van der Waals surface area (Å²) in [5, 5.41) is 9.97. The normalized spacial score (nSPS) is 17.0. The van der Waals surface area contributed by atoms with Crippen LogP contribution < -0.4 is 0 Å². The van der Waals surface area contributed by atoms with E-state index >= 15 is 0 Å². The quantitative estimate of drug-likeness (QED) is 0.478. The minimum Gasteiger partial charge on any atom is -0.481 e. The molecule has 1 aromatic rings. The topological polar surface area (TPSA) is 71.4 Å². The fourth-order valence-electron chi connectivity index (χ4n) is 4.74. The molecule has 0 heterocycles. The summed E-state index contributed by atoms with van der Waals surface area (Å²) in [5.74, 6) is -1.09. The van der Waals surface area contributed by atoms with Gasteiger partial charge in [-0.1, -0.05) is 50.8 Å². The third-order valence-corrected chi connectivity index (χ3v) is 5.77. The summed E-state index contributed by atoms with van der Waals surface area (Å²) in [7, 11) is 1.72. The summed E-state index contributed by atoms with van der Waals surface area (Å²) in [6.45, 7) is 10.1. The molecule has 1 aliphatic carbocycles. The van der Waals surface area contributed by atoms with Gasteiger partial charge in [0, 0.05) is 11.0 Å². The van der Waals surface area contributed by atoms with E-state index in [0.29, 0.717) is 19.3 Å². The highest BCUT2D eigenvalue weighted by atomic mass is 31.0. The van der Waals surface area contributed by atoms with Crippen LogP contribution >= 0.6 is 9.12 Å². The van der Waals surface area contributed by atoms with E-state index in [2.05, 4.69) is 0 Å². The van der Waals surface area contributed by atoms with Gasteiger partial charge in [-0.25, -0.2) is 0 Å². The zero-order chi connectivity index (χ0) is 20.8. The third kappa shape index (κ3) is 5.25. The number of aliphatic carboxylic acids is 1. The van der Waals surface area contributed by atoms with Gasteiger partial charge in [0.1, 0.15) is 9.12 Å². The zero-order valence-electron chi connectivity index (χ0n) is 17.2. The molecular weight excluding hydrogens is 359 g/mol. The molecule has 5 heteroatoms. The van der Waals surface area contributed by atoms with Crippen LogP contribution in [0.5, 0.6) is 0 Å². The summed E-state index contributed by atoms with van der Waals surface area (Å²) in [5.41, 5.74) is 3.09. The molecule has 1 fully saturated rings. The fraction of sp³-hybridized carbons (Fsp3) is 0.636. The van der Waals surface area contributed by atoms with Crippen molar-refractivity contribution in [3.63, 3.8) is 0 Å². The second kappa shape index (κ2) is 10.1. The van der Waals surface area contributed by atoms with Crippen molar-refractivity contribution in [2.75, 3.05) is 0 Å². The van der Waals surface area contributed by atoms with Crippen molar-refractivity contribution in [2.45, 2.75) is 73.1 Å². The number of hydrogen-bond donors (Lipinski definition) is 1. The highest BCUT2D eigenvalue weighted by Gasteiger charge is 2.50. The van der Waals surface area contributed by atoms with E-state index in [1.165, 1.54) is 0 Å². The number of Topliss-reactive ketones (excluding diaryl/α,β-unsaturated/α-hetero) is 1. The number of carboxylic acids is 1. The van der Waals surface area contributed by atoms with Crippen LogP contribution in [-0.4, -0.2) is 16.9 Å². The van der Waals surface area contributed by atoms with Crippen molar-refractivity contribution in [3.8, 4) is 0 Å². The summed E-state index contributed by atoms with van der Waals surface area (Å²) in [6, 6.07) is 4.07. The van der Waals surface area contributed by atoms with Gasteiger partial charge in [0.05, 0.1) is 5.92 Å². The minimum atomic E-state index is -0.814. The molecule has 0 saturated heterocycles. The molecule has 0 radical (unpaired) electrons. The van der Waals surface area contributed by atoms with E-state index in [1.54, 1.807) is 9.12 Å². The van der Waals surface area contributed by atoms with E-state index in [9.17, 15) is 14.7 Å². The number of ketones is 1. The van der Waals surface area contributed by atoms with Gasteiger partial charge in [-0.15, -0.1) is 0 Å². The predicted molar refractivity (Wildman–Crippen MR) is 110 cm³/mol. The van der Waals surface area contributed by atoms with Crippen LogP contribution in [0.15, 0.2) is 12.1 Å². The maximum absolute atomic E-state index is 13.7. The van der Waals surface area contributed by atoms with Crippen LogP contribution in [0.2, 0.25) is 0 Å². The van der Waals surface area contributed by atoms with E-state index in [0.717, 1.165) is 41.5 Å². The maximum Gasteiger partial charge on any atom is 0.307 e. The number of aryl methyl sites for hydroxylation is 3. The number of rotatable bonds is 6. The Morgan fingerprint density at radius 2 is 1.52 bits per heavy atom. The molecule has 0 aromatic heterocycles. The summed E-state index contributed by atoms with van der Waals surface area (Å²) < 4.78 is 8.06. The van der Waals surface area contributed by atoms with Gasteiger partial charge < -0.3 is 5.11 Å². The Bertz CT molecular complexity index is 652. The molecule has 150 valence electrons. The first-order valence-corrected chi connectivity index (χ1v) is 10.2. The predicted octanol–water partition coefficient (Wildman–Crippen LogP) is 5.97. The Kier molecular flexibility index (Phi) is 8.81. The lowest BCUT2D eigenvalue weighted by atomic mass is 9.60. The lowest BCUT2D eigenvalue weighted by Crippen LogP contribution is -2.45. The van der Waals surface area contributed by atoms with Crippen LogP contribution in [0, 0.1) is 38.0 Å². The Morgan fingerprint density at radius 3 is 1.93 bits per heavy atom. The third-order valence-electron chi connectivity index (χ3n) is 5.77. The molecule has 0 spiro atoms. The van der Waals surface area contributed by atoms with E-state index < -0.39 is 17.3 Å². The molecule has 27 heavy (non-hydrogen) atoms. The lowest BCUT2D eigenvalue weighted by molar-refractivity contribution is -0.147. The van der Waals surface area contributed by atoms with Crippen LogP contribution in [0.25, 0.3) is 0 Å². The minimum absolute atomic E-state index is 0.0650. The lowest BCUT2D eigenvalue weighted by Gasteiger charge is -2.41. The Balaban J connectivity index is 0.00000176. The van der Waals surface area contributed by atoms with Crippen molar-refractivity contribution in [2.24, 2.45) is 17.3 Å². The molecule has 0 amide bonds. The summed E-state index contributed by atoms with van der Waals surface area (Å²) in [6.07, 6.45) is 4.93. The Labute approximate surface area is 165 Å². The highest BCUT2D eigenvalue weighted by Crippen LogP contribution is 2.48. The van der Waals surface area contributed by atoms with Gasteiger partial charge in [-0.3, -0.25) is 14.2 Å². The number of carboxylic acid groups (broad SMARTS) is 1. The monoisotopic (exact) mass is 392 g/mol. The largest absolute Gasteiger partial charge is 0.481 e. The van der Waals surface area contributed by atoms with Crippen LogP contribution in [0.3, 0.4) is 0 Å². The maximum atomic E-state index is 13.7. The van der Waals surface area contributed by atoms with Gasteiger partial charge in [0.2, 0.25) is 0 Å². The van der Waals surface area contributed by atoms with Gasteiger partial charge in [-0.2, -0.15) is 0 Å². The molecule has 0 aliphatic heterocycles. The number of benzene rings is 1. The molecule has 1 N–H and O–H groups in total. The highest BCUT2D eigenvalue weighted by molar-refractivity contribution is 7.00.